The fraction of sp³-hybridized carbons (Fsp3) is 0.381. The van der Waals surface area contributed by atoms with E-state index in [4.69, 9.17) is 11.6 Å². The van der Waals surface area contributed by atoms with Gasteiger partial charge in [-0.1, -0.05) is 44.0 Å². The Bertz CT molecular complexity index is 949. The number of hydrogen-bond donors (Lipinski definition) is 1. The number of hydrogen-bond acceptors (Lipinski definition) is 3. The lowest BCUT2D eigenvalue weighted by molar-refractivity contribution is -0.117. The van der Waals surface area contributed by atoms with Crippen molar-refractivity contribution in [3.05, 3.63) is 58.9 Å². The number of nitrogens with zero attached hydrogens (tertiary/aromatic N) is 1. The molecule has 5 nitrogen and oxygen atoms in total. The van der Waals surface area contributed by atoms with Crippen LogP contribution in [0.4, 0.5) is 15.8 Å². The third-order valence-electron chi connectivity index (χ3n) is 4.53. The highest BCUT2D eigenvalue weighted by Gasteiger charge is 2.32. The van der Waals surface area contributed by atoms with Crippen molar-refractivity contribution in [2.24, 2.45) is 0 Å². The summed E-state index contributed by atoms with van der Waals surface area (Å²) < 4.78 is 39.4. The highest BCUT2D eigenvalue weighted by atomic mass is 35.5. The molecule has 0 fully saturated rings. The summed E-state index contributed by atoms with van der Waals surface area (Å²) in [5.74, 6) is -1.13. The summed E-state index contributed by atoms with van der Waals surface area (Å²) in [5, 5.41) is 2.56. The average molecular weight is 441 g/mol. The number of halogens is 2. The van der Waals surface area contributed by atoms with E-state index in [0.717, 1.165) is 35.9 Å². The Morgan fingerprint density at radius 1 is 1.17 bits per heavy atom. The van der Waals surface area contributed by atoms with Gasteiger partial charge in [0.25, 0.3) is 0 Å². The van der Waals surface area contributed by atoms with Crippen LogP contribution in [0.5, 0.6) is 0 Å². The number of carbonyl (C=O) groups is 1. The van der Waals surface area contributed by atoms with Crippen LogP contribution in [0.2, 0.25) is 5.02 Å². The molecular formula is C21H26ClFN2O3S. The fourth-order valence-corrected chi connectivity index (χ4v) is 4.42. The molecule has 2 rings (SSSR count). The number of unbranched alkanes of at least 4 members (excludes halogenated alkanes) is 1. The van der Waals surface area contributed by atoms with Crippen LogP contribution in [-0.2, 0) is 21.2 Å². The number of carbonyl (C=O) groups excluding carboxylic acids is 1. The SMILES string of the molecule is CCCCc1ccc(NC(=O)[C@H](CC)N(c2ccc(F)c(Cl)c2)S(C)(=O)=O)cc1. The molecule has 1 atom stereocenters. The number of sulfonamides is 1. The highest BCUT2D eigenvalue weighted by Crippen LogP contribution is 2.27. The minimum atomic E-state index is -3.82. The van der Waals surface area contributed by atoms with Gasteiger partial charge in [-0.25, -0.2) is 12.8 Å². The lowest BCUT2D eigenvalue weighted by Gasteiger charge is -2.30. The van der Waals surface area contributed by atoms with Crippen LogP contribution >= 0.6 is 11.6 Å². The highest BCUT2D eigenvalue weighted by molar-refractivity contribution is 7.92. The number of rotatable bonds is 9. The summed E-state index contributed by atoms with van der Waals surface area (Å²) in [6, 6.07) is 10.1. The minimum Gasteiger partial charge on any atom is -0.324 e. The maximum atomic E-state index is 13.5. The second kappa shape index (κ2) is 10.1. The van der Waals surface area contributed by atoms with Gasteiger partial charge in [-0.3, -0.25) is 9.10 Å². The van der Waals surface area contributed by atoms with Crippen molar-refractivity contribution < 1.29 is 17.6 Å². The molecule has 1 N–H and O–H groups in total. The zero-order valence-corrected chi connectivity index (χ0v) is 18.4. The maximum Gasteiger partial charge on any atom is 0.248 e. The molecule has 0 spiro atoms. The van der Waals surface area contributed by atoms with Crippen molar-refractivity contribution in [2.75, 3.05) is 15.9 Å². The minimum absolute atomic E-state index is 0.135. The zero-order valence-electron chi connectivity index (χ0n) is 16.8. The Balaban J connectivity index is 2.27. The van der Waals surface area contributed by atoms with Crippen LogP contribution in [0.3, 0.4) is 0 Å². The van der Waals surface area contributed by atoms with E-state index in [0.29, 0.717) is 5.69 Å². The van der Waals surface area contributed by atoms with Gasteiger partial charge in [-0.15, -0.1) is 0 Å². The lowest BCUT2D eigenvalue weighted by atomic mass is 10.1. The van der Waals surface area contributed by atoms with Gasteiger partial charge in [-0.05, 0) is 55.2 Å². The Labute approximate surface area is 176 Å². The predicted molar refractivity (Wildman–Crippen MR) is 116 cm³/mol. The van der Waals surface area contributed by atoms with E-state index in [2.05, 4.69) is 12.2 Å². The smallest absolute Gasteiger partial charge is 0.248 e. The summed E-state index contributed by atoms with van der Waals surface area (Å²) in [5.41, 5.74) is 1.89. The van der Waals surface area contributed by atoms with E-state index >= 15 is 0 Å². The molecule has 0 bridgehead atoms. The van der Waals surface area contributed by atoms with Crippen molar-refractivity contribution >= 4 is 38.9 Å². The van der Waals surface area contributed by atoms with E-state index in [9.17, 15) is 17.6 Å². The molecule has 0 aliphatic heterocycles. The van der Waals surface area contributed by atoms with Crippen LogP contribution in [0.15, 0.2) is 42.5 Å². The Morgan fingerprint density at radius 3 is 2.34 bits per heavy atom. The van der Waals surface area contributed by atoms with Gasteiger partial charge >= 0.3 is 0 Å². The first kappa shape index (κ1) is 23.2. The third kappa shape index (κ3) is 6.18. The first-order valence-corrected chi connectivity index (χ1v) is 11.7. The molecule has 29 heavy (non-hydrogen) atoms. The lowest BCUT2D eigenvalue weighted by Crippen LogP contribution is -2.47. The van der Waals surface area contributed by atoms with Gasteiger partial charge < -0.3 is 5.32 Å². The Morgan fingerprint density at radius 2 is 1.83 bits per heavy atom. The van der Waals surface area contributed by atoms with Crippen molar-refractivity contribution in [3.63, 3.8) is 0 Å². The first-order valence-electron chi connectivity index (χ1n) is 9.51. The second-order valence-electron chi connectivity index (χ2n) is 6.87. The van der Waals surface area contributed by atoms with Crippen LogP contribution < -0.4 is 9.62 Å². The van der Waals surface area contributed by atoms with Crippen LogP contribution in [-0.4, -0.2) is 26.6 Å². The third-order valence-corrected chi connectivity index (χ3v) is 6.00. The molecule has 0 radical (unpaired) electrons. The molecule has 158 valence electrons. The van der Waals surface area contributed by atoms with Crippen LogP contribution in [0.25, 0.3) is 0 Å². The monoisotopic (exact) mass is 440 g/mol. The van der Waals surface area contributed by atoms with Crippen molar-refractivity contribution in [2.45, 2.75) is 45.6 Å². The fourth-order valence-electron chi connectivity index (χ4n) is 3.04. The molecular weight excluding hydrogens is 415 g/mol. The molecule has 0 aliphatic rings. The summed E-state index contributed by atoms with van der Waals surface area (Å²) in [7, 11) is -3.82. The summed E-state index contributed by atoms with van der Waals surface area (Å²) >= 11 is 5.82. The van der Waals surface area contributed by atoms with Gasteiger partial charge in [0.1, 0.15) is 11.9 Å². The van der Waals surface area contributed by atoms with Gasteiger partial charge in [0, 0.05) is 5.69 Å². The van der Waals surface area contributed by atoms with Crippen molar-refractivity contribution in [3.8, 4) is 0 Å². The number of anilines is 2. The van der Waals surface area contributed by atoms with E-state index in [1.54, 1.807) is 19.1 Å². The van der Waals surface area contributed by atoms with Crippen molar-refractivity contribution in [1.82, 2.24) is 0 Å². The van der Waals surface area contributed by atoms with Crippen LogP contribution in [0, 0.1) is 5.82 Å². The molecule has 2 aromatic rings. The zero-order chi connectivity index (χ0) is 21.6. The van der Waals surface area contributed by atoms with E-state index < -0.39 is 27.8 Å². The average Bonchev–Trinajstić information content (AvgIpc) is 2.66. The summed E-state index contributed by atoms with van der Waals surface area (Å²) in [6.07, 6.45) is 4.39. The maximum absolute atomic E-state index is 13.5. The topological polar surface area (TPSA) is 66.5 Å². The van der Waals surface area contributed by atoms with Gasteiger partial charge in [0.2, 0.25) is 15.9 Å². The predicted octanol–water partition coefficient (Wildman–Crippen LogP) is 5.01. The van der Waals surface area contributed by atoms with E-state index in [1.807, 2.05) is 12.1 Å². The van der Waals surface area contributed by atoms with Gasteiger partial charge in [0.15, 0.2) is 0 Å². The number of nitrogens with one attached hydrogen (secondary N) is 1. The largest absolute Gasteiger partial charge is 0.324 e. The molecule has 0 saturated heterocycles. The second-order valence-corrected chi connectivity index (χ2v) is 9.14. The number of benzene rings is 2. The number of aryl methyl sites for hydroxylation is 1. The molecule has 0 saturated carbocycles. The van der Waals surface area contributed by atoms with Crippen LogP contribution in [0.1, 0.15) is 38.7 Å². The summed E-state index contributed by atoms with van der Waals surface area (Å²) in [6.45, 7) is 3.84. The van der Waals surface area contributed by atoms with E-state index in [-0.39, 0.29) is 17.1 Å². The molecule has 0 unspecified atom stereocenters. The normalized spacial score (nSPS) is 12.4. The van der Waals surface area contributed by atoms with Gasteiger partial charge in [-0.2, -0.15) is 0 Å². The van der Waals surface area contributed by atoms with Gasteiger partial charge in [0.05, 0.1) is 17.0 Å². The molecule has 8 heteroatoms. The van der Waals surface area contributed by atoms with Crippen molar-refractivity contribution in [1.29, 1.82) is 0 Å². The molecule has 0 heterocycles. The Kier molecular flexibility index (Phi) is 8.05. The Hall–Kier alpha value is -2.12. The standard InChI is InChI=1S/C21H26ClFN2O3S/c1-4-6-7-15-8-10-16(11-9-15)24-21(26)20(5-2)25(29(3,27)28)17-12-13-19(23)18(22)14-17/h8-14,20H,4-7H2,1-3H3,(H,24,26)/t20-/m0/s1. The first-order chi connectivity index (χ1) is 13.7. The molecule has 2 aromatic carbocycles. The van der Waals surface area contributed by atoms with E-state index in [1.165, 1.54) is 17.7 Å². The molecule has 0 aromatic heterocycles. The summed E-state index contributed by atoms with van der Waals surface area (Å²) in [4.78, 5) is 12.9. The number of amides is 1. The molecule has 1 amide bonds. The quantitative estimate of drug-likeness (QED) is 0.596. The molecule has 0 aliphatic carbocycles.